The van der Waals surface area contributed by atoms with Crippen molar-refractivity contribution in [1.82, 2.24) is 5.32 Å². The van der Waals surface area contributed by atoms with Crippen molar-refractivity contribution in [3.63, 3.8) is 0 Å². The number of halogens is 1. The van der Waals surface area contributed by atoms with E-state index in [-0.39, 0.29) is 16.8 Å². The SMILES string of the molecule is C[C@H](NC(=O)CCCSc1ccc(Cl)cc1)c1ccc(S(C)(=O)=O)cc1. The van der Waals surface area contributed by atoms with E-state index in [2.05, 4.69) is 5.32 Å². The number of hydrogen-bond donors (Lipinski definition) is 1. The Labute approximate surface area is 164 Å². The first-order valence-electron chi connectivity index (χ1n) is 8.23. The molecule has 0 bridgehead atoms. The smallest absolute Gasteiger partial charge is 0.220 e. The fourth-order valence-corrected chi connectivity index (χ4v) is 3.96. The number of hydrogen-bond acceptors (Lipinski definition) is 4. The lowest BCUT2D eigenvalue weighted by Crippen LogP contribution is -2.26. The Bertz CT molecular complexity index is 834. The van der Waals surface area contributed by atoms with Gasteiger partial charge in [0.2, 0.25) is 5.91 Å². The highest BCUT2D eigenvalue weighted by molar-refractivity contribution is 7.99. The van der Waals surface area contributed by atoms with Gasteiger partial charge >= 0.3 is 0 Å². The number of carbonyl (C=O) groups excluding carboxylic acids is 1. The highest BCUT2D eigenvalue weighted by atomic mass is 35.5. The summed E-state index contributed by atoms with van der Waals surface area (Å²) in [5, 5.41) is 3.66. The quantitative estimate of drug-likeness (QED) is 0.513. The molecule has 26 heavy (non-hydrogen) atoms. The molecule has 2 aromatic rings. The van der Waals surface area contributed by atoms with Gasteiger partial charge in [0.25, 0.3) is 0 Å². The molecule has 1 N–H and O–H groups in total. The van der Waals surface area contributed by atoms with E-state index < -0.39 is 9.84 Å². The molecule has 0 aliphatic heterocycles. The van der Waals surface area contributed by atoms with E-state index in [0.717, 1.165) is 22.6 Å². The van der Waals surface area contributed by atoms with Crippen LogP contribution in [0.5, 0.6) is 0 Å². The van der Waals surface area contributed by atoms with Gasteiger partial charge in [-0.2, -0.15) is 0 Å². The van der Waals surface area contributed by atoms with Crippen LogP contribution in [0.3, 0.4) is 0 Å². The summed E-state index contributed by atoms with van der Waals surface area (Å²) in [5.74, 6) is 0.841. The number of sulfone groups is 1. The van der Waals surface area contributed by atoms with Gasteiger partial charge in [-0.3, -0.25) is 4.79 Å². The van der Waals surface area contributed by atoms with E-state index in [0.29, 0.717) is 11.4 Å². The maximum Gasteiger partial charge on any atom is 0.220 e. The van der Waals surface area contributed by atoms with Crippen LogP contribution in [0.1, 0.15) is 31.4 Å². The molecule has 0 unspecified atom stereocenters. The lowest BCUT2D eigenvalue weighted by Gasteiger charge is -2.14. The van der Waals surface area contributed by atoms with Gasteiger partial charge in [-0.25, -0.2) is 8.42 Å². The van der Waals surface area contributed by atoms with Crippen molar-refractivity contribution in [3.8, 4) is 0 Å². The molecule has 0 aliphatic rings. The third-order valence-electron chi connectivity index (χ3n) is 3.82. The van der Waals surface area contributed by atoms with Crippen molar-refractivity contribution in [2.45, 2.75) is 35.6 Å². The fraction of sp³-hybridized carbons (Fsp3) is 0.316. The Hall–Kier alpha value is -1.50. The molecule has 140 valence electrons. The molecule has 0 aromatic heterocycles. The Morgan fingerprint density at radius 3 is 2.31 bits per heavy atom. The second-order valence-electron chi connectivity index (χ2n) is 6.04. The summed E-state index contributed by atoms with van der Waals surface area (Å²) in [6.07, 6.45) is 2.40. The molecular weight excluding hydrogens is 390 g/mol. The lowest BCUT2D eigenvalue weighted by atomic mass is 10.1. The monoisotopic (exact) mass is 411 g/mol. The molecule has 2 rings (SSSR count). The van der Waals surface area contributed by atoms with Gasteiger partial charge in [0.15, 0.2) is 9.84 Å². The molecule has 0 aliphatic carbocycles. The van der Waals surface area contributed by atoms with Gasteiger partial charge < -0.3 is 5.32 Å². The number of nitrogens with one attached hydrogen (secondary N) is 1. The standard InChI is InChI=1S/C19H22ClNO3S2/c1-14(15-5-11-18(12-6-15)26(2,23)24)21-19(22)4-3-13-25-17-9-7-16(20)8-10-17/h5-12,14H,3-4,13H2,1-2H3,(H,21,22)/t14-/m0/s1. The molecule has 0 radical (unpaired) electrons. The van der Waals surface area contributed by atoms with Crippen LogP contribution in [0.15, 0.2) is 58.3 Å². The predicted octanol–water partition coefficient (Wildman–Crippen LogP) is 4.49. The molecule has 0 saturated carbocycles. The summed E-state index contributed by atoms with van der Waals surface area (Å²) >= 11 is 7.55. The summed E-state index contributed by atoms with van der Waals surface area (Å²) in [5.41, 5.74) is 0.876. The van der Waals surface area contributed by atoms with Crippen LogP contribution >= 0.6 is 23.4 Å². The summed E-state index contributed by atoms with van der Waals surface area (Å²) in [7, 11) is -3.21. The number of thioether (sulfide) groups is 1. The molecule has 0 saturated heterocycles. The molecular formula is C19H22ClNO3S2. The molecule has 0 spiro atoms. The van der Waals surface area contributed by atoms with Gasteiger partial charge in [0.05, 0.1) is 10.9 Å². The normalized spacial score (nSPS) is 12.6. The Morgan fingerprint density at radius 1 is 1.12 bits per heavy atom. The highest BCUT2D eigenvalue weighted by Crippen LogP contribution is 2.21. The Morgan fingerprint density at radius 2 is 1.73 bits per heavy atom. The first-order valence-corrected chi connectivity index (χ1v) is 11.5. The Balaban J connectivity index is 1.75. The predicted molar refractivity (Wildman–Crippen MR) is 108 cm³/mol. The van der Waals surface area contributed by atoms with Crippen molar-refractivity contribution >= 4 is 39.1 Å². The second kappa shape index (κ2) is 9.44. The third-order valence-corrected chi connectivity index (χ3v) is 6.30. The maximum atomic E-state index is 12.1. The number of amides is 1. The molecule has 0 fully saturated rings. The van der Waals surface area contributed by atoms with Crippen LogP contribution in [-0.4, -0.2) is 26.3 Å². The van der Waals surface area contributed by atoms with Gasteiger partial charge in [-0.1, -0.05) is 23.7 Å². The maximum absolute atomic E-state index is 12.1. The summed E-state index contributed by atoms with van der Waals surface area (Å²) in [6, 6.07) is 14.1. The van der Waals surface area contributed by atoms with Crippen molar-refractivity contribution in [3.05, 3.63) is 59.1 Å². The zero-order valence-corrected chi connectivity index (χ0v) is 17.1. The van der Waals surface area contributed by atoms with E-state index in [1.165, 1.54) is 6.26 Å². The number of benzene rings is 2. The lowest BCUT2D eigenvalue weighted by molar-refractivity contribution is -0.121. The van der Waals surface area contributed by atoms with Crippen molar-refractivity contribution in [1.29, 1.82) is 0 Å². The van der Waals surface area contributed by atoms with Crippen LogP contribution in [0, 0.1) is 0 Å². The first-order chi connectivity index (χ1) is 12.3. The van der Waals surface area contributed by atoms with Crippen LogP contribution < -0.4 is 5.32 Å². The van der Waals surface area contributed by atoms with Gasteiger partial charge in [-0.05, 0) is 61.1 Å². The van der Waals surface area contributed by atoms with Crippen LogP contribution in [0.4, 0.5) is 0 Å². The van der Waals surface area contributed by atoms with Crippen LogP contribution in [-0.2, 0) is 14.6 Å². The molecule has 1 atom stereocenters. The Kier molecular flexibility index (Phi) is 7.55. The molecule has 0 heterocycles. The topological polar surface area (TPSA) is 63.2 Å². The minimum Gasteiger partial charge on any atom is -0.350 e. The average Bonchev–Trinajstić information content (AvgIpc) is 2.59. The molecule has 1 amide bonds. The molecule has 2 aromatic carbocycles. The number of carbonyl (C=O) groups is 1. The van der Waals surface area contributed by atoms with Crippen LogP contribution in [0.2, 0.25) is 5.02 Å². The summed E-state index contributed by atoms with van der Waals surface area (Å²) < 4.78 is 23.0. The van der Waals surface area contributed by atoms with Crippen LogP contribution in [0.25, 0.3) is 0 Å². The van der Waals surface area contributed by atoms with Crippen molar-refractivity contribution < 1.29 is 13.2 Å². The van der Waals surface area contributed by atoms with E-state index in [9.17, 15) is 13.2 Å². The first kappa shape index (κ1) is 20.8. The van der Waals surface area contributed by atoms with Crippen molar-refractivity contribution in [2.75, 3.05) is 12.0 Å². The molecule has 4 nitrogen and oxygen atoms in total. The summed E-state index contributed by atoms with van der Waals surface area (Å²) in [4.78, 5) is 13.5. The van der Waals surface area contributed by atoms with E-state index in [1.54, 1.807) is 36.0 Å². The van der Waals surface area contributed by atoms with Gasteiger partial charge in [-0.15, -0.1) is 11.8 Å². The zero-order valence-electron chi connectivity index (χ0n) is 14.7. The molecule has 7 heteroatoms. The zero-order chi connectivity index (χ0) is 19.2. The summed E-state index contributed by atoms with van der Waals surface area (Å²) in [6.45, 7) is 1.88. The van der Waals surface area contributed by atoms with E-state index in [4.69, 9.17) is 11.6 Å². The van der Waals surface area contributed by atoms with Gasteiger partial charge in [0.1, 0.15) is 0 Å². The number of rotatable bonds is 8. The van der Waals surface area contributed by atoms with Crippen molar-refractivity contribution in [2.24, 2.45) is 0 Å². The van der Waals surface area contributed by atoms with E-state index >= 15 is 0 Å². The highest BCUT2D eigenvalue weighted by Gasteiger charge is 2.11. The minimum absolute atomic E-state index is 0.0126. The third kappa shape index (κ3) is 6.67. The van der Waals surface area contributed by atoms with E-state index in [1.807, 2.05) is 31.2 Å². The average molecular weight is 412 g/mol. The minimum atomic E-state index is -3.21. The largest absolute Gasteiger partial charge is 0.350 e. The second-order valence-corrected chi connectivity index (χ2v) is 9.66. The fourth-order valence-electron chi connectivity index (χ4n) is 2.35. The van der Waals surface area contributed by atoms with Gasteiger partial charge in [0, 0.05) is 22.6 Å².